The van der Waals surface area contributed by atoms with Crippen molar-refractivity contribution in [2.24, 2.45) is 5.41 Å². The van der Waals surface area contributed by atoms with E-state index in [0.29, 0.717) is 55.4 Å². The smallest absolute Gasteiger partial charge is 0.217 e. The number of aromatic nitrogens is 4. The second-order valence-electron chi connectivity index (χ2n) is 8.96. The molecule has 3 heterocycles. The van der Waals surface area contributed by atoms with Crippen molar-refractivity contribution in [3.8, 4) is 23.3 Å². The van der Waals surface area contributed by atoms with Crippen LogP contribution in [0.15, 0.2) is 24.8 Å². The quantitative estimate of drug-likeness (QED) is 0.503. The van der Waals surface area contributed by atoms with Crippen molar-refractivity contribution in [2.75, 3.05) is 45.4 Å². The average molecular weight is 468 g/mol. The zero-order valence-corrected chi connectivity index (χ0v) is 19.7. The van der Waals surface area contributed by atoms with Gasteiger partial charge in [-0.15, -0.1) is 0 Å². The Morgan fingerprint density at radius 2 is 1.74 bits per heavy atom. The van der Waals surface area contributed by atoms with Crippen LogP contribution in [0.25, 0.3) is 11.4 Å². The van der Waals surface area contributed by atoms with Gasteiger partial charge in [0, 0.05) is 51.1 Å². The van der Waals surface area contributed by atoms with Crippen LogP contribution in [0, 0.1) is 16.7 Å². The molecule has 2 aliphatic rings. The molecule has 1 saturated carbocycles. The van der Waals surface area contributed by atoms with Crippen molar-refractivity contribution in [3.05, 3.63) is 24.8 Å². The molecule has 0 radical (unpaired) electrons. The first-order chi connectivity index (χ1) is 16.7. The lowest BCUT2D eigenvalue weighted by Gasteiger charge is -2.30. The summed E-state index contributed by atoms with van der Waals surface area (Å²) in [4.78, 5) is 17.4. The van der Waals surface area contributed by atoms with Gasteiger partial charge in [0.25, 0.3) is 0 Å². The van der Waals surface area contributed by atoms with Gasteiger partial charge in [-0.25, -0.2) is 19.9 Å². The molecular weight excluding hydrogens is 434 g/mol. The minimum Gasteiger partial charge on any atom is -0.476 e. The number of anilines is 1. The molecule has 0 bridgehead atoms. The second-order valence-corrected chi connectivity index (χ2v) is 8.96. The summed E-state index contributed by atoms with van der Waals surface area (Å²) in [5, 5.41) is 16.7. The van der Waals surface area contributed by atoms with Crippen LogP contribution in [0.4, 0.5) is 5.82 Å². The Balaban J connectivity index is 1.33. The molecule has 1 aliphatic heterocycles. The van der Waals surface area contributed by atoms with Crippen LogP contribution in [0.2, 0.25) is 0 Å². The fourth-order valence-corrected chi connectivity index (χ4v) is 4.41. The van der Waals surface area contributed by atoms with Crippen molar-refractivity contribution >= 4 is 5.82 Å². The Kier molecular flexibility index (Phi) is 8.57. The van der Waals surface area contributed by atoms with Crippen LogP contribution < -0.4 is 15.4 Å². The Morgan fingerprint density at radius 1 is 1.03 bits per heavy atom. The second kappa shape index (κ2) is 12.0. The minimum atomic E-state index is -0.534. The summed E-state index contributed by atoms with van der Waals surface area (Å²) in [7, 11) is 1.73. The van der Waals surface area contributed by atoms with Gasteiger partial charge < -0.3 is 24.8 Å². The average Bonchev–Trinajstić information content (AvgIpc) is 2.90. The molecule has 0 unspecified atom stereocenters. The zero-order chi connectivity index (χ0) is 23.6. The highest BCUT2D eigenvalue weighted by Crippen LogP contribution is 2.31. The van der Waals surface area contributed by atoms with E-state index in [1.807, 2.05) is 6.07 Å². The summed E-state index contributed by atoms with van der Waals surface area (Å²) in [6.45, 7) is 3.07. The number of methoxy groups -OCH3 is 1. The summed E-state index contributed by atoms with van der Waals surface area (Å²) in [5.41, 5.74) is 0.813. The lowest BCUT2D eigenvalue weighted by Crippen LogP contribution is -2.38. The van der Waals surface area contributed by atoms with E-state index in [1.165, 1.54) is 6.33 Å². The van der Waals surface area contributed by atoms with Gasteiger partial charge in [-0.3, -0.25) is 0 Å². The molecule has 1 saturated heterocycles. The lowest BCUT2D eigenvalue weighted by atomic mass is 9.83. The number of hydrogen-bond acceptors (Lipinski definition) is 10. The maximum atomic E-state index is 9.63. The van der Waals surface area contributed by atoms with Gasteiger partial charge in [0.2, 0.25) is 5.88 Å². The van der Waals surface area contributed by atoms with Gasteiger partial charge >= 0.3 is 0 Å². The number of nitriles is 1. The predicted molar refractivity (Wildman–Crippen MR) is 126 cm³/mol. The third-order valence-corrected chi connectivity index (χ3v) is 6.57. The minimum absolute atomic E-state index is 0.281. The van der Waals surface area contributed by atoms with Crippen molar-refractivity contribution < 1.29 is 14.2 Å². The summed E-state index contributed by atoms with van der Waals surface area (Å²) in [6.07, 6.45) is 8.75. The van der Waals surface area contributed by atoms with E-state index < -0.39 is 5.41 Å². The van der Waals surface area contributed by atoms with Crippen LogP contribution in [-0.4, -0.2) is 72.1 Å². The fraction of sp³-hybridized carbons (Fsp3) is 0.625. The first kappa shape index (κ1) is 24.3. The van der Waals surface area contributed by atoms with E-state index in [9.17, 15) is 5.26 Å². The van der Waals surface area contributed by atoms with Gasteiger partial charge in [-0.1, -0.05) is 0 Å². The third kappa shape index (κ3) is 6.59. The molecule has 4 rings (SSSR count). The molecule has 2 fully saturated rings. The normalized spacial score (nSPS) is 22.0. The lowest BCUT2D eigenvalue weighted by molar-refractivity contribution is 0.0183. The topological polar surface area (TPSA) is 127 Å². The fourth-order valence-electron chi connectivity index (χ4n) is 4.41. The molecule has 182 valence electrons. The van der Waals surface area contributed by atoms with Crippen molar-refractivity contribution in [1.82, 2.24) is 25.3 Å². The summed E-state index contributed by atoms with van der Waals surface area (Å²) in [6, 6.07) is 7.01. The highest BCUT2D eigenvalue weighted by Gasteiger charge is 2.34. The Labute approximate surface area is 200 Å². The summed E-state index contributed by atoms with van der Waals surface area (Å²) < 4.78 is 16.4. The van der Waals surface area contributed by atoms with E-state index in [4.69, 9.17) is 14.2 Å². The number of hydrogen-bond donors (Lipinski definition) is 2. The monoisotopic (exact) mass is 467 g/mol. The predicted octanol–water partition coefficient (Wildman–Crippen LogP) is 2.59. The molecule has 10 heteroatoms. The van der Waals surface area contributed by atoms with Crippen LogP contribution >= 0.6 is 0 Å². The molecule has 2 aromatic rings. The molecule has 0 aromatic carbocycles. The molecular formula is C24H33N7O3. The van der Waals surface area contributed by atoms with Crippen LogP contribution in [0.5, 0.6) is 5.88 Å². The molecule has 0 amide bonds. The number of nitrogens with one attached hydrogen (secondary N) is 2. The highest BCUT2D eigenvalue weighted by molar-refractivity contribution is 5.58. The summed E-state index contributed by atoms with van der Waals surface area (Å²) >= 11 is 0. The summed E-state index contributed by atoms with van der Waals surface area (Å²) in [5.74, 6) is 1.21. The maximum absolute atomic E-state index is 9.63. The van der Waals surface area contributed by atoms with E-state index >= 15 is 0 Å². The van der Waals surface area contributed by atoms with Crippen molar-refractivity contribution in [1.29, 1.82) is 5.26 Å². The Morgan fingerprint density at radius 3 is 2.47 bits per heavy atom. The molecule has 0 spiro atoms. The van der Waals surface area contributed by atoms with E-state index in [2.05, 4.69) is 36.6 Å². The molecule has 1 aliphatic carbocycles. The first-order valence-corrected chi connectivity index (χ1v) is 11.9. The van der Waals surface area contributed by atoms with E-state index in [0.717, 1.165) is 44.7 Å². The number of nitrogens with zero attached hydrogens (tertiary/aromatic N) is 5. The van der Waals surface area contributed by atoms with Gasteiger partial charge in [0.05, 0.1) is 29.5 Å². The molecule has 2 aromatic heterocycles. The molecule has 0 atom stereocenters. The highest BCUT2D eigenvalue weighted by atomic mass is 16.5. The molecule has 2 N–H and O–H groups in total. The molecule has 34 heavy (non-hydrogen) atoms. The van der Waals surface area contributed by atoms with Crippen LogP contribution in [-0.2, 0) is 9.47 Å². The Hall–Kier alpha value is -2.87. The van der Waals surface area contributed by atoms with Crippen molar-refractivity contribution in [3.63, 3.8) is 0 Å². The van der Waals surface area contributed by atoms with Gasteiger partial charge in [0.1, 0.15) is 25.1 Å². The maximum Gasteiger partial charge on any atom is 0.217 e. The first-order valence-electron chi connectivity index (χ1n) is 11.9. The van der Waals surface area contributed by atoms with E-state index in [-0.39, 0.29) is 6.61 Å². The zero-order valence-electron chi connectivity index (χ0n) is 19.7. The van der Waals surface area contributed by atoms with Gasteiger partial charge in [0.15, 0.2) is 0 Å². The molecule has 10 nitrogen and oxygen atoms in total. The van der Waals surface area contributed by atoms with Crippen LogP contribution in [0.1, 0.15) is 38.5 Å². The SMILES string of the molecule is COCCNC1CCC(Nc2cc(-c3cc(OCC4(C#N)CCOCC4)ncn3)ncn2)CC1. The van der Waals surface area contributed by atoms with Gasteiger partial charge in [-0.2, -0.15) is 5.26 Å². The number of ether oxygens (including phenoxy) is 3. The van der Waals surface area contributed by atoms with Crippen LogP contribution in [0.3, 0.4) is 0 Å². The van der Waals surface area contributed by atoms with Gasteiger partial charge in [-0.05, 0) is 38.5 Å². The largest absolute Gasteiger partial charge is 0.476 e. The standard InChI is InChI=1S/C24H33N7O3/c1-32-11-8-26-18-2-4-19(5-3-18)31-22-12-20(27-16-29-22)21-13-23(30-17-28-21)34-15-24(14-25)6-9-33-10-7-24/h12-13,16-19,26H,2-11,15H2,1H3,(H,27,29,31). The van der Waals surface area contributed by atoms with Crippen molar-refractivity contribution in [2.45, 2.75) is 50.6 Å². The number of rotatable bonds is 10. The van der Waals surface area contributed by atoms with E-state index in [1.54, 1.807) is 19.5 Å². The Bertz CT molecular complexity index is 954. The third-order valence-electron chi connectivity index (χ3n) is 6.57.